The van der Waals surface area contributed by atoms with Crippen molar-refractivity contribution in [3.05, 3.63) is 28.8 Å². The van der Waals surface area contributed by atoms with Crippen LogP contribution in [0, 0.1) is 0 Å². The Morgan fingerprint density at radius 3 is 2.71 bits per heavy atom. The van der Waals surface area contributed by atoms with Gasteiger partial charge in [0.15, 0.2) is 0 Å². The molecule has 0 aromatic heterocycles. The van der Waals surface area contributed by atoms with Crippen LogP contribution in [0.2, 0.25) is 5.02 Å². The zero-order chi connectivity index (χ0) is 12.7. The smallest absolute Gasteiger partial charge is 0.0431 e. The van der Waals surface area contributed by atoms with Crippen molar-refractivity contribution in [1.82, 2.24) is 0 Å². The first-order chi connectivity index (χ1) is 8.19. The predicted molar refractivity (Wildman–Crippen MR) is 73.6 cm³/mol. The first kappa shape index (κ1) is 14.3. The van der Waals surface area contributed by atoms with Crippen LogP contribution in [0.5, 0.6) is 0 Å². The summed E-state index contributed by atoms with van der Waals surface area (Å²) in [6, 6.07) is 5.82. The molecule has 3 N–H and O–H groups in total. The third-order valence-corrected chi connectivity index (χ3v) is 3.06. The Hall–Kier alpha value is -0.770. The van der Waals surface area contributed by atoms with Crippen molar-refractivity contribution in [2.75, 3.05) is 25.1 Å². The van der Waals surface area contributed by atoms with Gasteiger partial charge >= 0.3 is 0 Å². The van der Waals surface area contributed by atoms with Crippen molar-refractivity contribution in [2.24, 2.45) is 5.73 Å². The highest BCUT2D eigenvalue weighted by Gasteiger charge is 2.06. The van der Waals surface area contributed by atoms with Crippen molar-refractivity contribution in [3.63, 3.8) is 0 Å². The monoisotopic (exact) mass is 256 g/mol. The zero-order valence-corrected chi connectivity index (χ0v) is 11.1. The van der Waals surface area contributed by atoms with E-state index in [1.807, 2.05) is 18.2 Å². The van der Waals surface area contributed by atoms with E-state index in [1.165, 1.54) is 0 Å². The molecule has 4 heteroatoms. The van der Waals surface area contributed by atoms with Crippen LogP contribution in [0.1, 0.15) is 24.8 Å². The quantitative estimate of drug-likeness (QED) is 0.737. The van der Waals surface area contributed by atoms with E-state index in [0.717, 1.165) is 42.1 Å². The van der Waals surface area contributed by atoms with E-state index in [-0.39, 0.29) is 6.61 Å². The third kappa shape index (κ3) is 4.54. The Balaban J connectivity index is 2.58. The number of benzene rings is 1. The normalized spacial score (nSPS) is 10.6. The SMILES string of the molecule is CN(CCCCCO)c1ccc(Cl)cc1CN. The molecule has 0 amide bonds. The number of aliphatic hydroxyl groups is 1. The van der Waals surface area contributed by atoms with Crippen molar-refractivity contribution >= 4 is 17.3 Å². The van der Waals surface area contributed by atoms with Gasteiger partial charge in [-0.1, -0.05) is 11.6 Å². The number of halogens is 1. The molecule has 0 fully saturated rings. The molecule has 0 aliphatic rings. The fourth-order valence-electron chi connectivity index (χ4n) is 1.85. The molecule has 0 spiro atoms. The average molecular weight is 257 g/mol. The van der Waals surface area contributed by atoms with Gasteiger partial charge in [-0.25, -0.2) is 0 Å². The molecule has 0 radical (unpaired) electrons. The van der Waals surface area contributed by atoms with Crippen LogP contribution in [-0.4, -0.2) is 25.3 Å². The minimum absolute atomic E-state index is 0.276. The summed E-state index contributed by atoms with van der Waals surface area (Å²) >= 11 is 5.94. The molecule has 0 atom stereocenters. The van der Waals surface area contributed by atoms with Crippen molar-refractivity contribution < 1.29 is 5.11 Å². The lowest BCUT2D eigenvalue weighted by Crippen LogP contribution is -2.20. The van der Waals surface area contributed by atoms with E-state index in [1.54, 1.807) is 0 Å². The molecule has 0 heterocycles. The van der Waals surface area contributed by atoms with Gasteiger partial charge in [-0.15, -0.1) is 0 Å². The number of nitrogens with two attached hydrogens (primary N) is 1. The number of anilines is 1. The highest BCUT2D eigenvalue weighted by atomic mass is 35.5. The van der Waals surface area contributed by atoms with Crippen LogP contribution in [0.3, 0.4) is 0 Å². The minimum atomic E-state index is 0.276. The second-order valence-corrected chi connectivity index (χ2v) is 4.62. The molecule has 1 aromatic carbocycles. The molecule has 1 aromatic rings. The van der Waals surface area contributed by atoms with Gasteiger partial charge in [-0.3, -0.25) is 0 Å². The number of aliphatic hydroxyl groups excluding tert-OH is 1. The van der Waals surface area contributed by atoms with E-state index >= 15 is 0 Å². The summed E-state index contributed by atoms with van der Waals surface area (Å²) in [5.41, 5.74) is 7.93. The highest BCUT2D eigenvalue weighted by molar-refractivity contribution is 6.30. The summed E-state index contributed by atoms with van der Waals surface area (Å²) in [4.78, 5) is 2.19. The summed E-state index contributed by atoms with van der Waals surface area (Å²) in [6.07, 6.45) is 2.99. The molecule has 0 saturated carbocycles. The van der Waals surface area contributed by atoms with Gasteiger partial charge in [0, 0.05) is 37.5 Å². The highest BCUT2D eigenvalue weighted by Crippen LogP contribution is 2.23. The van der Waals surface area contributed by atoms with Gasteiger partial charge < -0.3 is 15.7 Å². The number of unbranched alkanes of at least 4 members (excludes halogenated alkanes) is 2. The van der Waals surface area contributed by atoms with Gasteiger partial charge in [0.25, 0.3) is 0 Å². The van der Waals surface area contributed by atoms with E-state index < -0.39 is 0 Å². The van der Waals surface area contributed by atoms with Crippen LogP contribution < -0.4 is 10.6 Å². The zero-order valence-electron chi connectivity index (χ0n) is 10.3. The largest absolute Gasteiger partial charge is 0.396 e. The van der Waals surface area contributed by atoms with Gasteiger partial charge in [0.05, 0.1) is 0 Å². The maximum absolute atomic E-state index is 8.72. The van der Waals surface area contributed by atoms with Gasteiger partial charge in [0.2, 0.25) is 0 Å². The second-order valence-electron chi connectivity index (χ2n) is 4.18. The number of hydrogen-bond donors (Lipinski definition) is 2. The number of rotatable bonds is 7. The van der Waals surface area contributed by atoms with E-state index in [9.17, 15) is 0 Å². The lowest BCUT2D eigenvalue weighted by molar-refractivity contribution is 0.283. The van der Waals surface area contributed by atoms with Gasteiger partial charge in [-0.2, -0.15) is 0 Å². The Morgan fingerprint density at radius 1 is 1.29 bits per heavy atom. The fraction of sp³-hybridized carbons (Fsp3) is 0.538. The summed E-state index contributed by atoms with van der Waals surface area (Å²) in [5.74, 6) is 0. The van der Waals surface area contributed by atoms with Crippen LogP contribution in [0.15, 0.2) is 18.2 Å². The van der Waals surface area contributed by atoms with Crippen molar-refractivity contribution in [1.29, 1.82) is 0 Å². The van der Waals surface area contributed by atoms with Crippen LogP contribution in [0.4, 0.5) is 5.69 Å². The van der Waals surface area contributed by atoms with E-state index in [2.05, 4.69) is 11.9 Å². The summed E-state index contributed by atoms with van der Waals surface area (Å²) in [7, 11) is 2.06. The van der Waals surface area contributed by atoms with Crippen LogP contribution in [-0.2, 0) is 6.54 Å². The Kier molecular flexibility index (Phi) is 6.34. The molecule has 0 unspecified atom stereocenters. The first-order valence-corrected chi connectivity index (χ1v) is 6.37. The van der Waals surface area contributed by atoms with Gasteiger partial charge in [-0.05, 0) is 43.0 Å². The van der Waals surface area contributed by atoms with Crippen molar-refractivity contribution in [2.45, 2.75) is 25.8 Å². The molecule has 3 nitrogen and oxygen atoms in total. The Morgan fingerprint density at radius 2 is 2.06 bits per heavy atom. The lowest BCUT2D eigenvalue weighted by Gasteiger charge is -2.22. The predicted octanol–water partition coefficient (Wildman–Crippen LogP) is 2.40. The maximum atomic E-state index is 8.72. The second kappa shape index (κ2) is 7.54. The molecule has 0 bridgehead atoms. The molecule has 96 valence electrons. The molecule has 1 rings (SSSR count). The molecule has 17 heavy (non-hydrogen) atoms. The average Bonchev–Trinajstić information content (AvgIpc) is 2.34. The van der Waals surface area contributed by atoms with E-state index in [0.29, 0.717) is 6.54 Å². The topological polar surface area (TPSA) is 49.5 Å². The molecule has 0 aliphatic carbocycles. The summed E-state index contributed by atoms with van der Waals surface area (Å²) in [6.45, 7) is 1.74. The molecular weight excluding hydrogens is 236 g/mol. The first-order valence-electron chi connectivity index (χ1n) is 5.99. The van der Waals surface area contributed by atoms with E-state index in [4.69, 9.17) is 22.4 Å². The number of hydrogen-bond acceptors (Lipinski definition) is 3. The molecule has 0 aliphatic heterocycles. The fourth-order valence-corrected chi connectivity index (χ4v) is 2.04. The molecule has 0 saturated heterocycles. The summed E-state index contributed by atoms with van der Waals surface area (Å²) in [5, 5.41) is 9.44. The third-order valence-electron chi connectivity index (χ3n) is 2.82. The lowest BCUT2D eigenvalue weighted by atomic mass is 10.1. The summed E-state index contributed by atoms with van der Waals surface area (Å²) < 4.78 is 0. The standard InChI is InChI=1S/C13H21ClN2O/c1-16(7-3-2-4-8-17)13-6-5-12(14)9-11(13)10-15/h5-6,9,17H,2-4,7-8,10,15H2,1H3. The Bertz CT molecular complexity index is 344. The van der Waals surface area contributed by atoms with Crippen LogP contribution >= 0.6 is 11.6 Å². The Labute approximate surface area is 108 Å². The van der Waals surface area contributed by atoms with Crippen molar-refractivity contribution in [3.8, 4) is 0 Å². The van der Waals surface area contributed by atoms with Gasteiger partial charge in [0.1, 0.15) is 0 Å². The minimum Gasteiger partial charge on any atom is -0.396 e. The van der Waals surface area contributed by atoms with Crippen LogP contribution in [0.25, 0.3) is 0 Å². The molecular formula is C13H21ClN2O. The maximum Gasteiger partial charge on any atom is 0.0431 e. The number of nitrogens with zero attached hydrogens (tertiary/aromatic N) is 1.